The summed E-state index contributed by atoms with van der Waals surface area (Å²) >= 11 is 7.81. The van der Waals surface area contributed by atoms with Crippen LogP contribution in [0.5, 0.6) is 0 Å². The number of thioether (sulfide) groups is 1. The summed E-state index contributed by atoms with van der Waals surface area (Å²) in [5, 5.41) is 3.95. The first-order chi connectivity index (χ1) is 8.36. The van der Waals surface area contributed by atoms with Gasteiger partial charge in [-0.05, 0) is 18.2 Å². The van der Waals surface area contributed by atoms with Gasteiger partial charge in [-0.3, -0.25) is 4.98 Å². The molecular formula is C13H13ClN2S. The van der Waals surface area contributed by atoms with Crippen LogP contribution in [0, 0.1) is 0 Å². The maximum atomic E-state index is 5.99. The number of nitrogens with one attached hydrogen (secondary N) is 1. The maximum Gasteiger partial charge on any atom is 0.0820 e. The summed E-state index contributed by atoms with van der Waals surface area (Å²) < 4.78 is 0. The minimum Gasteiger partial charge on any atom is -0.383 e. The van der Waals surface area contributed by atoms with Crippen molar-refractivity contribution in [2.75, 3.05) is 17.6 Å². The molecule has 2 aromatic rings. The van der Waals surface area contributed by atoms with Gasteiger partial charge in [-0.15, -0.1) is 11.8 Å². The van der Waals surface area contributed by atoms with Crippen molar-refractivity contribution >= 4 is 29.1 Å². The molecule has 0 radical (unpaired) electrons. The zero-order valence-corrected chi connectivity index (χ0v) is 10.8. The van der Waals surface area contributed by atoms with Crippen molar-refractivity contribution < 1.29 is 0 Å². The highest BCUT2D eigenvalue weighted by Crippen LogP contribution is 2.20. The number of hydrogen-bond donors (Lipinski definition) is 1. The van der Waals surface area contributed by atoms with Gasteiger partial charge < -0.3 is 5.32 Å². The Morgan fingerprint density at radius 3 is 2.76 bits per heavy atom. The van der Waals surface area contributed by atoms with Crippen molar-refractivity contribution in [3.05, 3.63) is 53.8 Å². The molecule has 0 atom stereocenters. The summed E-state index contributed by atoms with van der Waals surface area (Å²) in [7, 11) is 0. The van der Waals surface area contributed by atoms with Gasteiger partial charge in [-0.1, -0.05) is 29.8 Å². The molecule has 1 aromatic carbocycles. The molecule has 17 heavy (non-hydrogen) atoms. The molecule has 0 aliphatic carbocycles. The lowest BCUT2D eigenvalue weighted by molar-refractivity contribution is 1.21. The lowest BCUT2D eigenvalue weighted by atomic mass is 10.4. The van der Waals surface area contributed by atoms with Gasteiger partial charge >= 0.3 is 0 Å². The first-order valence-corrected chi connectivity index (χ1v) is 6.74. The molecule has 1 aromatic heterocycles. The Morgan fingerprint density at radius 2 is 2.00 bits per heavy atom. The summed E-state index contributed by atoms with van der Waals surface area (Å²) in [6, 6.07) is 12.2. The second kappa shape index (κ2) is 6.52. The quantitative estimate of drug-likeness (QED) is 0.654. The van der Waals surface area contributed by atoms with Crippen LogP contribution in [-0.4, -0.2) is 17.3 Å². The summed E-state index contributed by atoms with van der Waals surface area (Å²) in [5.41, 5.74) is 0.940. The van der Waals surface area contributed by atoms with Gasteiger partial charge in [-0.25, -0.2) is 0 Å². The first-order valence-electron chi connectivity index (χ1n) is 5.37. The Balaban J connectivity index is 1.76. The predicted octanol–water partition coefficient (Wildman–Crippen LogP) is 3.94. The van der Waals surface area contributed by atoms with E-state index in [4.69, 9.17) is 11.6 Å². The van der Waals surface area contributed by atoms with Crippen molar-refractivity contribution in [2.45, 2.75) is 4.90 Å². The highest BCUT2D eigenvalue weighted by Gasteiger charge is 1.98. The van der Waals surface area contributed by atoms with Crippen molar-refractivity contribution in [3.63, 3.8) is 0 Å². The van der Waals surface area contributed by atoms with Gasteiger partial charge in [0.1, 0.15) is 0 Å². The lowest BCUT2D eigenvalue weighted by Gasteiger charge is -2.07. The summed E-state index contributed by atoms with van der Waals surface area (Å²) in [6.45, 7) is 0.878. The van der Waals surface area contributed by atoms with Crippen LogP contribution in [0.15, 0.2) is 53.7 Å². The second-order valence-electron chi connectivity index (χ2n) is 3.44. The van der Waals surface area contributed by atoms with Gasteiger partial charge in [0.2, 0.25) is 0 Å². The van der Waals surface area contributed by atoms with E-state index in [2.05, 4.69) is 34.6 Å². The third kappa shape index (κ3) is 3.95. The summed E-state index contributed by atoms with van der Waals surface area (Å²) in [5.74, 6) is 1.00. The van der Waals surface area contributed by atoms with Gasteiger partial charge in [0, 0.05) is 29.6 Å². The van der Waals surface area contributed by atoms with E-state index < -0.39 is 0 Å². The molecule has 2 rings (SSSR count). The Hall–Kier alpha value is -1.19. The maximum absolute atomic E-state index is 5.99. The van der Waals surface area contributed by atoms with Crippen LogP contribution in [0.4, 0.5) is 5.69 Å². The van der Waals surface area contributed by atoms with Gasteiger partial charge in [0.25, 0.3) is 0 Å². The number of rotatable bonds is 5. The average molecular weight is 265 g/mol. The van der Waals surface area contributed by atoms with Crippen LogP contribution in [0.1, 0.15) is 0 Å². The fourth-order valence-corrected chi connectivity index (χ4v) is 2.37. The molecule has 0 bridgehead atoms. The zero-order valence-electron chi connectivity index (χ0n) is 9.27. The SMILES string of the molecule is Clc1cnccc1NCCSc1ccccc1. The molecule has 0 aliphatic heterocycles. The fraction of sp³-hybridized carbons (Fsp3) is 0.154. The molecule has 0 amide bonds. The van der Waals surface area contributed by atoms with E-state index in [-0.39, 0.29) is 0 Å². The third-order valence-corrected chi connectivity index (χ3v) is 3.52. The molecule has 2 nitrogen and oxygen atoms in total. The lowest BCUT2D eigenvalue weighted by Crippen LogP contribution is -2.04. The number of halogens is 1. The molecule has 88 valence electrons. The minimum atomic E-state index is 0.664. The molecule has 1 heterocycles. The molecule has 0 aliphatic rings. The molecular weight excluding hydrogens is 252 g/mol. The Morgan fingerprint density at radius 1 is 1.18 bits per heavy atom. The monoisotopic (exact) mass is 264 g/mol. The number of hydrogen-bond acceptors (Lipinski definition) is 3. The topological polar surface area (TPSA) is 24.9 Å². The van der Waals surface area contributed by atoms with Crippen molar-refractivity contribution in [1.29, 1.82) is 0 Å². The van der Waals surface area contributed by atoms with Gasteiger partial charge in [-0.2, -0.15) is 0 Å². The smallest absolute Gasteiger partial charge is 0.0820 e. The number of benzene rings is 1. The van der Waals surface area contributed by atoms with Gasteiger partial charge in [0.15, 0.2) is 0 Å². The van der Waals surface area contributed by atoms with E-state index in [0.29, 0.717) is 5.02 Å². The molecule has 0 saturated heterocycles. The zero-order chi connectivity index (χ0) is 11.9. The van der Waals surface area contributed by atoms with E-state index in [1.54, 1.807) is 12.4 Å². The number of nitrogens with zero attached hydrogens (tertiary/aromatic N) is 1. The number of pyridine rings is 1. The van der Waals surface area contributed by atoms with E-state index in [9.17, 15) is 0 Å². The van der Waals surface area contributed by atoms with E-state index in [0.717, 1.165) is 18.0 Å². The molecule has 0 saturated carbocycles. The van der Waals surface area contributed by atoms with Crippen molar-refractivity contribution in [1.82, 2.24) is 4.98 Å². The highest BCUT2D eigenvalue weighted by atomic mass is 35.5. The van der Waals surface area contributed by atoms with Crippen LogP contribution < -0.4 is 5.32 Å². The molecule has 0 fully saturated rings. The largest absolute Gasteiger partial charge is 0.383 e. The number of aromatic nitrogens is 1. The Bertz CT molecular complexity index is 462. The van der Waals surface area contributed by atoms with E-state index >= 15 is 0 Å². The van der Waals surface area contributed by atoms with Crippen LogP contribution in [0.2, 0.25) is 5.02 Å². The summed E-state index contributed by atoms with van der Waals surface area (Å²) in [6.07, 6.45) is 3.38. The summed E-state index contributed by atoms with van der Waals surface area (Å²) in [4.78, 5) is 5.23. The molecule has 1 N–H and O–H groups in total. The Kier molecular flexibility index (Phi) is 4.71. The van der Waals surface area contributed by atoms with Crippen LogP contribution in [0.3, 0.4) is 0 Å². The van der Waals surface area contributed by atoms with E-state index in [1.807, 2.05) is 23.9 Å². The molecule has 0 spiro atoms. The van der Waals surface area contributed by atoms with Crippen LogP contribution in [-0.2, 0) is 0 Å². The van der Waals surface area contributed by atoms with E-state index in [1.165, 1.54) is 4.90 Å². The standard InChI is InChI=1S/C13H13ClN2S/c14-12-10-15-7-6-13(12)16-8-9-17-11-4-2-1-3-5-11/h1-7,10H,8-9H2,(H,15,16). The van der Waals surface area contributed by atoms with Crippen molar-refractivity contribution in [3.8, 4) is 0 Å². The van der Waals surface area contributed by atoms with Gasteiger partial charge in [0.05, 0.1) is 10.7 Å². The van der Waals surface area contributed by atoms with Crippen LogP contribution in [0.25, 0.3) is 0 Å². The average Bonchev–Trinajstić information content (AvgIpc) is 2.38. The Labute approximate surface area is 110 Å². The fourth-order valence-electron chi connectivity index (χ4n) is 1.39. The third-order valence-electron chi connectivity index (χ3n) is 2.20. The van der Waals surface area contributed by atoms with Crippen molar-refractivity contribution in [2.24, 2.45) is 0 Å². The normalized spacial score (nSPS) is 10.2. The second-order valence-corrected chi connectivity index (χ2v) is 5.02. The molecule has 4 heteroatoms. The first kappa shape index (κ1) is 12.3. The number of anilines is 1. The predicted molar refractivity (Wildman–Crippen MR) is 74.9 cm³/mol. The minimum absolute atomic E-state index is 0.664. The highest BCUT2D eigenvalue weighted by molar-refractivity contribution is 7.99. The van der Waals surface area contributed by atoms with Crippen LogP contribution >= 0.6 is 23.4 Å². The molecule has 0 unspecified atom stereocenters.